The number of ether oxygens (including phenoxy) is 2. The molecule has 0 aliphatic rings. The van der Waals surface area contributed by atoms with Crippen molar-refractivity contribution in [1.29, 1.82) is 0 Å². The van der Waals surface area contributed by atoms with Gasteiger partial charge in [0, 0.05) is 19.6 Å². The second kappa shape index (κ2) is 9.64. The minimum absolute atomic E-state index is 0.651. The molecule has 1 N–H and O–H groups in total. The average molecular weight is 266 g/mol. The van der Waals surface area contributed by atoms with E-state index in [0.29, 0.717) is 6.61 Å². The van der Waals surface area contributed by atoms with Crippen molar-refractivity contribution in [1.82, 2.24) is 10.2 Å². The van der Waals surface area contributed by atoms with Crippen LogP contribution in [-0.2, 0) is 0 Å². The summed E-state index contributed by atoms with van der Waals surface area (Å²) in [6.07, 6.45) is 0. The first-order chi connectivity index (χ1) is 9.31. The van der Waals surface area contributed by atoms with E-state index in [2.05, 4.69) is 24.1 Å². The monoisotopic (exact) mass is 266 g/mol. The third kappa shape index (κ3) is 5.94. The highest BCUT2D eigenvalue weighted by atomic mass is 16.5. The van der Waals surface area contributed by atoms with Gasteiger partial charge in [0.1, 0.15) is 6.61 Å². The first kappa shape index (κ1) is 15.8. The molecule has 0 spiro atoms. The van der Waals surface area contributed by atoms with Crippen molar-refractivity contribution < 1.29 is 9.47 Å². The molecule has 4 heteroatoms. The lowest BCUT2D eigenvalue weighted by molar-refractivity contribution is 0.277. The van der Waals surface area contributed by atoms with Gasteiger partial charge in [-0.2, -0.15) is 0 Å². The molecule has 0 radical (unpaired) electrons. The van der Waals surface area contributed by atoms with E-state index in [0.717, 1.165) is 44.2 Å². The van der Waals surface area contributed by atoms with Crippen molar-refractivity contribution in [3.63, 3.8) is 0 Å². The molecule has 1 rings (SSSR count). The zero-order chi connectivity index (χ0) is 13.9. The summed E-state index contributed by atoms with van der Waals surface area (Å²) < 4.78 is 10.9. The van der Waals surface area contributed by atoms with Crippen LogP contribution in [0.25, 0.3) is 0 Å². The summed E-state index contributed by atoms with van der Waals surface area (Å²) in [4.78, 5) is 2.40. The van der Waals surface area contributed by atoms with E-state index in [-0.39, 0.29) is 0 Å². The van der Waals surface area contributed by atoms with Crippen LogP contribution >= 0.6 is 0 Å². The molecule has 0 aliphatic carbocycles. The summed E-state index contributed by atoms with van der Waals surface area (Å²) in [7, 11) is 1.66. The Kier molecular flexibility index (Phi) is 8.02. The molecule has 0 amide bonds. The van der Waals surface area contributed by atoms with Crippen molar-refractivity contribution in [3.8, 4) is 11.5 Å². The summed E-state index contributed by atoms with van der Waals surface area (Å²) in [5, 5.41) is 3.38. The van der Waals surface area contributed by atoms with Gasteiger partial charge in [0.15, 0.2) is 11.5 Å². The van der Waals surface area contributed by atoms with E-state index in [1.54, 1.807) is 7.11 Å². The molecule has 0 aromatic heterocycles. The number of methoxy groups -OCH3 is 1. The SMILES string of the molecule is CCN(CC)CCNCCOc1ccccc1OC. The van der Waals surface area contributed by atoms with Crippen LogP contribution in [0.5, 0.6) is 11.5 Å². The first-order valence-electron chi connectivity index (χ1n) is 7.00. The van der Waals surface area contributed by atoms with Gasteiger partial charge < -0.3 is 19.7 Å². The Balaban J connectivity index is 2.14. The lowest BCUT2D eigenvalue weighted by Gasteiger charge is -2.18. The molecule has 0 saturated carbocycles. The van der Waals surface area contributed by atoms with Crippen LogP contribution in [0.2, 0.25) is 0 Å². The Morgan fingerprint density at radius 3 is 2.37 bits per heavy atom. The lowest BCUT2D eigenvalue weighted by atomic mass is 10.3. The number of para-hydroxylation sites is 2. The van der Waals surface area contributed by atoms with Gasteiger partial charge in [-0.05, 0) is 25.2 Å². The van der Waals surface area contributed by atoms with E-state index in [1.165, 1.54) is 0 Å². The number of hydrogen-bond donors (Lipinski definition) is 1. The maximum Gasteiger partial charge on any atom is 0.161 e. The minimum Gasteiger partial charge on any atom is -0.493 e. The smallest absolute Gasteiger partial charge is 0.161 e. The predicted octanol–water partition coefficient (Wildman–Crippen LogP) is 2.01. The van der Waals surface area contributed by atoms with E-state index >= 15 is 0 Å². The summed E-state index contributed by atoms with van der Waals surface area (Å²) in [5.74, 6) is 1.58. The quantitative estimate of drug-likeness (QED) is 0.657. The number of likely N-dealkylation sites (N-methyl/N-ethyl adjacent to an activating group) is 1. The van der Waals surface area contributed by atoms with Crippen LogP contribution < -0.4 is 14.8 Å². The summed E-state index contributed by atoms with van der Waals surface area (Å²) >= 11 is 0. The van der Waals surface area contributed by atoms with Gasteiger partial charge in [-0.3, -0.25) is 0 Å². The Hall–Kier alpha value is -1.26. The maximum absolute atomic E-state index is 5.69. The molecular formula is C15H26N2O2. The van der Waals surface area contributed by atoms with Gasteiger partial charge in [-0.25, -0.2) is 0 Å². The van der Waals surface area contributed by atoms with Gasteiger partial charge in [0.2, 0.25) is 0 Å². The third-order valence-corrected chi connectivity index (χ3v) is 3.10. The van der Waals surface area contributed by atoms with Crippen LogP contribution in [0.15, 0.2) is 24.3 Å². The molecule has 108 valence electrons. The van der Waals surface area contributed by atoms with Crippen molar-refractivity contribution in [2.45, 2.75) is 13.8 Å². The Labute approximate surface area is 116 Å². The second-order valence-corrected chi connectivity index (χ2v) is 4.28. The zero-order valence-corrected chi connectivity index (χ0v) is 12.3. The first-order valence-corrected chi connectivity index (χ1v) is 7.00. The van der Waals surface area contributed by atoms with Gasteiger partial charge in [-0.1, -0.05) is 26.0 Å². The maximum atomic E-state index is 5.69. The van der Waals surface area contributed by atoms with E-state index in [4.69, 9.17) is 9.47 Å². The Morgan fingerprint density at radius 1 is 1.05 bits per heavy atom. The number of nitrogens with zero attached hydrogens (tertiary/aromatic N) is 1. The summed E-state index contributed by atoms with van der Waals surface area (Å²) in [5.41, 5.74) is 0. The van der Waals surface area contributed by atoms with Crippen LogP contribution in [0.3, 0.4) is 0 Å². The molecule has 1 aromatic rings. The highest BCUT2D eigenvalue weighted by Gasteiger charge is 2.02. The molecule has 0 unspecified atom stereocenters. The van der Waals surface area contributed by atoms with Crippen molar-refractivity contribution >= 4 is 0 Å². The Bertz CT molecular complexity index is 341. The molecule has 0 heterocycles. The Morgan fingerprint density at radius 2 is 1.74 bits per heavy atom. The lowest BCUT2D eigenvalue weighted by Crippen LogP contribution is -2.33. The molecule has 0 saturated heterocycles. The van der Waals surface area contributed by atoms with Crippen LogP contribution in [-0.4, -0.2) is 51.3 Å². The van der Waals surface area contributed by atoms with E-state index in [9.17, 15) is 0 Å². The number of hydrogen-bond acceptors (Lipinski definition) is 4. The van der Waals surface area contributed by atoms with Crippen molar-refractivity contribution in [3.05, 3.63) is 24.3 Å². The van der Waals surface area contributed by atoms with Gasteiger partial charge in [-0.15, -0.1) is 0 Å². The predicted molar refractivity (Wildman–Crippen MR) is 79.1 cm³/mol. The van der Waals surface area contributed by atoms with Crippen LogP contribution in [0, 0.1) is 0 Å². The van der Waals surface area contributed by atoms with Gasteiger partial charge >= 0.3 is 0 Å². The second-order valence-electron chi connectivity index (χ2n) is 4.28. The van der Waals surface area contributed by atoms with Crippen molar-refractivity contribution in [2.75, 3.05) is 46.4 Å². The fourth-order valence-corrected chi connectivity index (χ4v) is 1.87. The van der Waals surface area contributed by atoms with E-state index in [1.807, 2.05) is 24.3 Å². The molecule has 19 heavy (non-hydrogen) atoms. The number of nitrogens with one attached hydrogen (secondary N) is 1. The normalized spacial score (nSPS) is 10.7. The molecule has 0 bridgehead atoms. The highest BCUT2D eigenvalue weighted by molar-refractivity contribution is 5.39. The molecule has 0 atom stereocenters. The third-order valence-electron chi connectivity index (χ3n) is 3.10. The number of rotatable bonds is 10. The van der Waals surface area contributed by atoms with E-state index < -0.39 is 0 Å². The fourth-order valence-electron chi connectivity index (χ4n) is 1.87. The molecule has 0 aliphatic heterocycles. The average Bonchev–Trinajstić information content (AvgIpc) is 2.47. The zero-order valence-electron chi connectivity index (χ0n) is 12.3. The molecule has 1 aromatic carbocycles. The van der Waals surface area contributed by atoms with Gasteiger partial charge in [0.25, 0.3) is 0 Å². The standard InChI is InChI=1S/C15H26N2O2/c1-4-17(5-2)12-10-16-11-13-19-15-9-7-6-8-14(15)18-3/h6-9,16H,4-5,10-13H2,1-3H3. The highest BCUT2D eigenvalue weighted by Crippen LogP contribution is 2.25. The summed E-state index contributed by atoms with van der Waals surface area (Å²) in [6, 6.07) is 7.72. The minimum atomic E-state index is 0.651. The fraction of sp³-hybridized carbons (Fsp3) is 0.600. The van der Waals surface area contributed by atoms with Crippen LogP contribution in [0.1, 0.15) is 13.8 Å². The largest absolute Gasteiger partial charge is 0.493 e. The number of benzene rings is 1. The molecule has 4 nitrogen and oxygen atoms in total. The molecular weight excluding hydrogens is 240 g/mol. The topological polar surface area (TPSA) is 33.7 Å². The summed E-state index contributed by atoms with van der Waals surface area (Å²) in [6.45, 7) is 10.2. The van der Waals surface area contributed by atoms with Crippen molar-refractivity contribution in [2.24, 2.45) is 0 Å². The van der Waals surface area contributed by atoms with Crippen LogP contribution in [0.4, 0.5) is 0 Å². The molecule has 0 fully saturated rings. The van der Waals surface area contributed by atoms with Gasteiger partial charge in [0.05, 0.1) is 7.11 Å².